The predicted molar refractivity (Wildman–Crippen MR) is 99.0 cm³/mol. The number of para-hydroxylation sites is 2. The molecule has 0 saturated carbocycles. The smallest absolute Gasteiger partial charge is 0.257 e. The van der Waals surface area contributed by atoms with E-state index in [0.717, 1.165) is 11.3 Å². The van der Waals surface area contributed by atoms with Crippen LogP contribution in [0.15, 0.2) is 73.1 Å². The largest absolute Gasteiger partial charge is 0.495 e. The Morgan fingerprint density at radius 2 is 1.80 bits per heavy atom. The van der Waals surface area contributed by atoms with Gasteiger partial charge < -0.3 is 15.4 Å². The molecule has 0 saturated heterocycles. The first-order chi connectivity index (χ1) is 12.3. The lowest BCUT2D eigenvalue weighted by Crippen LogP contribution is -2.13. The molecule has 1 aromatic heterocycles. The van der Waals surface area contributed by atoms with E-state index in [1.807, 2.05) is 42.5 Å². The van der Waals surface area contributed by atoms with E-state index in [4.69, 9.17) is 4.74 Å². The molecule has 0 fully saturated rings. The van der Waals surface area contributed by atoms with Crippen molar-refractivity contribution in [3.05, 3.63) is 84.2 Å². The van der Waals surface area contributed by atoms with Gasteiger partial charge in [-0.15, -0.1) is 0 Å². The van der Waals surface area contributed by atoms with Crippen LogP contribution < -0.4 is 15.4 Å². The Morgan fingerprint density at radius 3 is 2.60 bits per heavy atom. The van der Waals surface area contributed by atoms with Crippen molar-refractivity contribution in [2.45, 2.75) is 6.54 Å². The SMILES string of the molecule is COc1ccccc1NC(=O)c1cncc(NCc2ccccc2)c1. The lowest BCUT2D eigenvalue weighted by molar-refractivity contribution is 0.102. The molecule has 3 rings (SSSR count). The van der Waals surface area contributed by atoms with Crippen LogP contribution in [0.4, 0.5) is 11.4 Å². The summed E-state index contributed by atoms with van der Waals surface area (Å²) in [6.07, 6.45) is 3.24. The molecule has 0 bridgehead atoms. The first-order valence-corrected chi connectivity index (χ1v) is 7.93. The Morgan fingerprint density at radius 1 is 1.04 bits per heavy atom. The van der Waals surface area contributed by atoms with E-state index in [2.05, 4.69) is 15.6 Å². The number of carbonyl (C=O) groups is 1. The number of pyridine rings is 1. The second-order valence-corrected chi connectivity index (χ2v) is 5.46. The third kappa shape index (κ3) is 4.35. The molecule has 0 spiro atoms. The fourth-order valence-corrected chi connectivity index (χ4v) is 2.40. The second-order valence-electron chi connectivity index (χ2n) is 5.46. The Kier molecular flexibility index (Phi) is 5.26. The fourth-order valence-electron chi connectivity index (χ4n) is 2.40. The number of nitrogens with one attached hydrogen (secondary N) is 2. The van der Waals surface area contributed by atoms with Crippen molar-refractivity contribution in [1.29, 1.82) is 0 Å². The molecule has 1 amide bonds. The monoisotopic (exact) mass is 333 g/mol. The summed E-state index contributed by atoms with van der Waals surface area (Å²) in [6.45, 7) is 0.667. The fraction of sp³-hybridized carbons (Fsp3) is 0.100. The molecular formula is C20H19N3O2. The van der Waals surface area contributed by atoms with Crippen molar-refractivity contribution in [2.24, 2.45) is 0 Å². The summed E-state index contributed by atoms with van der Waals surface area (Å²) in [5.74, 6) is 0.377. The van der Waals surface area contributed by atoms with E-state index in [0.29, 0.717) is 23.5 Å². The standard InChI is InChI=1S/C20H19N3O2/c1-25-19-10-6-5-9-18(19)23-20(24)16-11-17(14-21-13-16)22-12-15-7-3-2-4-8-15/h2-11,13-14,22H,12H2,1H3,(H,23,24). The normalized spacial score (nSPS) is 10.1. The van der Waals surface area contributed by atoms with Crippen LogP contribution in [0, 0.1) is 0 Å². The highest BCUT2D eigenvalue weighted by molar-refractivity contribution is 6.05. The summed E-state index contributed by atoms with van der Waals surface area (Å²) in [5.41, 5.74) is 3.05. The number of nitrogens with zero attached hydrogens (tertiary/aromatic N) is 1. The minimum atomic E-state index is -0.236. The molecule has 0 aliphatic heterocycles. The number of rotatable bonds is 6. The van der Waals surface area contributed by atoms with E-state index < -0.39 is 0 Å². The van der Waals surface area contributed by atoms with E-state index in [-0.39, 0.29) is 5.91 Å². The van der Waals surface area contributed by atoms with Gasteiger partial charge in [-0.1, -0.05) is 42.5 Å². The number of hydrogen-bond donors (Lipinski definition) is 2. The third-order valence-electron chi connectivity index (χ3n) is 3.70. The van der Waals surface area contributed by atoms with Gasteiger partial charge >= 0.3 is 0 Å². The number of ether oxygens (including phenoxy) is 1. The van der Waals surface area contributed by atoms with Crippen molar-refractivity contribution in [3.63, 3.8) is 0 Å². The minimum Gasteiger partial charge on any atom is -0.495 e. The van der Waals surface area contributed by atoms with Crippen LogP contribution in [-0.2, 0) is 6.54 Å². The highest BCUT2D eigenvalue weighted by Gasteiger charge is 2.10. The summed E-state index contributed by atoms with van der Waals surface area (Å²) in [7, 11) is 1.57. The highest BCUT2D eigenvalue weighted by atomic mass is 16.5. The van der Waals surface area contributed by atoms with Crippen LogP contribution >= 0.6 is 0 Å². The molecule has 1 heterocycles. The Bertz CT molecular complexity index is 850. The van der Waals surface area contributed by atoms with Gasteiger partial charge in [0.15, 0.2) is 0 Å². The van der Waals surface area contributed by atoms with Gasteiger partial charge in [-0.2, -0.15) is 0 Å². The lowest BCUT2D eigenvalue weighted by Gasteiger charge is -2.11. The molecule has 3 aromatic rings. The molecule has 126 valence electrons. The van der Waals surface area contributed by atoms with Gasteiger partial charge in [-0.25, -0.2) is 0 Å². The molecule has 0 unspecified atom stereocenters. The molecule has 5 heteroatoms. The van der Waals surface area contributed by atoms with E-state index in [1.54, 1.807) is 37.7 Å². The van der Waals surface area contributed by atoms with Gasteiger partial charge in [0.2, 0.25) is 0 Å². The average Bonchev–Trinajstić information content (AvgIpc) is 2.68. The maximum atomic E-state index is 12.5. The summed E-state index contributed by atoms with van der Waals surface area (Å²) < 4.78 is 5.25. The Hall–Kier alpha value is -3.34. The summed E-state index contributed by atoms with van der Waals surface area (Å²) in [5, 5.41) is 6.12. The number of aromatic nitrogens is 1. The van der Waals surface area contributed by atoms with Gasteiger partial charge in [0.1, 0.15) is 5.75 Å². The van der Waals surface area contributed by atoms with Crippen LogP contribution in [0.2, 0.25) is 0 Å². The maximum absolute atomic E-state index is 12.5. The van der Waals surface area contributed by atoms with Crippen LogP contribution in [0.1, 0.15) is 15.9 Å². The zero-order chi connectivity index (χ0) is 17.5. The number of carbonyl (C=O) groups excluding carboxylic acids is 1. The molecule has 5 nitrogen and oxygen atoms in total. The molecule has 0 atom stereocenters. The van der Waals surface area contributed by atoms with Crippen LogP contribution in [0.3, 0.4) is 0 Å². The predicted octanol–water partition coefficient (Wildman–Crippen LogP) is 3.95. The van der Waals surface area contributed by atoms with E-state index in [9.17, 15) is 4.79 Å². The quantitative estimate of drug-likeness (QED) is 0.717. The minimum absolute atomic E-state index is 0.236. The van der Waals surface area contributed by atoms with Crippen molar-refractivity contribution in [2.75, 3.05) is 17.7 Å². The van der Waals surface area contributed by atoms with Crippen molar-refractivity contribution in [1.82, 2.24) is 4.98 Å². The van der Waals surface area contributed by atoms with Gasteiger partial charge in [-0.3, -0.25) is 9.78 Å². The number of benzene rings is 2. The van der Waals surface area contributed by atoms with Gasteiger partial charge in [0.05, 0.1) is 24.0 Å². The number of methoxy groups -OCH3 is 1. The molecular weight excluding hydrogens is 314 g/mol. The van der Waals surface area contributed by atoms with Gasteiger partial charge in [0.25, 0.3) is 5.91 Å². The van der Waals surface area contributed by atoms with Crippen LogP contribution in [0.5, 0.6) is 5.75 Å². The van der Waals surface area contributed by atoms with E-state index >= 15 is 0 Å². The zero-order valence-corrected chi connectivity index (χ0v) is 13.9. The average molecular weight is 333 g/mol. The summed E-state index contributed by atoms with van der Waals surface area (Å²) in [6, 6.07) is 19.1. The molecule has 2 aromatic carbocycles. The van der Waals surface area contributed by atoms with Gasteiger partial charge in [-0.05, 0) is 23.8 Å². The molecule has 2 N–H and O–H groups in total. The topological polar surface area (TPSA) is 63.2 Å². The first-order valence-electron chi connectivity index (χ1n) is 7.93. The maximum Gasteiger partial charge on any atom is 0.257 e. The van der Waals surface area contributed by atoms with Crippen molar-refractivity contribution >= 4 is 17.3 Å². The van der Waals surface area contributed by atoms with E-state index in [1.165, 1.54) is 0 Å². The molecule has 0 aliphatic rings. The molecule has 0 aliphatic carbocycles. The van der Waals surface area contributed by atoms with Crippen LogP contribution in [-0.4, -0.2) is 18.0 Å². The first kappa shape index (κ1) is 16.5. The highest BCUT2D eigenvalue weighted by Crippen LogP contribution is 2.23. The lowest BCUT2D eigenvalue weighted by atomic mass is 10.2. The number of hydrogen-bond acceptors (Lipinski definition) is 4. The van der Waals surface area contributed by atoms with Crippen LogP contribution in [0.25, 0.3) is 0 Å². The third-order valence-corrected chi connectivity index (χ3v) is 3.70. The molecule has 0 radical (unpaired) electrons. The summed E-state index contributed by atoms with van der Waals surface area (Å²) in [4.78, 5) is 16.6. The number of anilines is 2. The summed E-state index contributed by atoms with van der Waals surface area (Å²) >= 11 is 0. The second kappa shape index (κ2) is 7.97. The number of amides is 1. The Labute approximate surface area is 146 Å². The van der Waals surface area contributed by atoms with Crippen molar-refractivity contribution < 1.29 is 9.53 Å². The zero-order valence-electron chi connectivity index (χ0n) is 13.9. The van der Waals surface area contributed by atoms with Crippen molar-refractivity contribution in [3.8, 4) is 5.75 Å². The Balaban J connectivity index is 1.69. The van der Waals surface area contributed by atoms with Gasteiger partial charge in [0, 0.05) is 18.9 Å². The molecule has 25 heavy (non-hydrogen) atoms.